The minimum absolute atomic E-state index is 0.393. The number of fused-ring (bicyclic) bond motifs is 1. The molecule has 1 aliphatic carbocycles. The van der Waals surface area contributed by atoms with Crippen LogP contribution in [0.5, 0.6) is 0 Å². The van der Waals surface area contributed by atoms with E-state index in [9.17, 15) is 0 Å². The minimum atomic E-state index is 0.393. The van der Waals surface area contributed by atoms with Crippen molar-refractivity contribution in [2.45, 2.75) is 20.0 Å². The average Bonchev–Trinajstić information content (AvgIpc) is 3.12. The first kappa shape index (κ1) is 14.4. The maximum Gasteiger partial charge on any atom is 0.191 e. The number of piperidine rings is 1. The van der Waals surface area contributed by atoms with Gasteiger partial charge in [-0.3, -0.25) is 4.99 Å². The molecular formula is C17H25N3O. The van der Waals surface area contributed by atoms with Crippen LogP contribution >= 0.6 is 0 Å². The van der Waals surface area contributed by atoms with E-state index >= 15 is 0 Å². The predicted octanol–water partition coefficient (Wildman–Crippen LogP) is 2.11. The van der Waals surface area contributed by atoms with Crippen molar-refractivity contribution in [3.8, 4) is 0 Å². The van der Waals surface area contributed by atoms with Gasteiger partial charge in [-0.1, -0.05) is 37.3 Å². The van der Waals surface area contributed by atoms with Gasteiger partial charge in [0, 0.05) is 19.6 Å². The molecule has 1 aliphatic heterocycles. The Morgan fingerprint density at radius 3 is 2.76 bits per heavy atom. The van der Waals surface area contributed by atoms with Crippen LogP contribution in [0.15, 0.2) is 35.3 Å². The number of likely N-dealkylation sites (tertiary alicyclic amines) is 1. The highest BCUT2D eigenvalue weighted by atomic mass is 16.5. The second-order valence-electron chi connectivity index (χ2n) is 6.47. The Kier molecular flexibility index (Phi) is 4.44. The Bertz CT molecular complexity index is 478. The minimum Gasteiger partial charge on any atom is -0.376 e. The van der Waals surface area contributed by atoms with E-state index in [-0.39, 0.29) is 0 Å². The molecule has 1 aromatic carbocycles. The van der Waals surface area contributed by atoms with Gasteiger partial charge in [0.2, 0.25) is 0 Å². The molecule has 1 saturated carbocycles. The Labute approximate surface area is 127 Å². The number of benzene rings is 1. The number of hydrogen-bond acceptors (Lipinski definition) is 2. The molecule has 114 valence electrons. The Hall–Kier alpha value is -1.55. The van der Waals surface area contributed by atoms with E-state index in [4.69, 9.17) is 10.5 Å². The van der Waals surface area contributed by atoms with Crippen LogP contribution < -0.4 is 5.73 Å². The van der Waals surface area contributed by atoms with Gasteiger partial charge in [-0.25, -0.2) is 0 Å². The lowest BCUT2D eigenvalue weighted by molar-refractivity contribution is 0.0944. The summed E-state index contributed by atoms with van der Waals surface area (Å²) in [6, 6.07) is 10.3. The van der Waals surface area contributed by atoms with Crippen molar-refractivity contribution in [1.82, 2.24) is 4.90 Å². The molecule has 2 fully saturated rings. The molecule has 4 nitrogen and oxygen atoms in total. The van der Waals surface area contributed by atoms with E-state index in [2.05, 4.69) is 28.9 Å². The highest BCUT2D eigenvalue weighted by Crippen LogP contribution is 2.44. The van der Waals surface area contributed by atoms with Crippen molar-refractivity contribution < 1.29 is 4.74 Å². The first-order valence-electron chi connectivity index (χ1n) is 7.89. The lowest BCUT2D eigenvalue weighted by Gasteiger charge is -2.19. The molecule has 3 rings (SSSR count). The first-order valence-corrected chi connectivity index (χ1v) is 7.89. The van der Waals surface area contributed by atoms with Crippen LogP contribution in [-0.2, 0) is 11.3 Å². The third-order valence-corrected chi connectivity index (χ3v) is 4.38. The number of guanidine groups is 1. The van der Waals surface area contributed by atoms with Crippen molar-refractivity contribution in [2.75, 3.05) is 26.2 Å². The smallest absolute Gasteiger partial charge is 0.191 e. The van der Waals surface area contributed by atoms with Gasteiger partial charge in [0.25, 0.3) is 0 Å². The highest BCUT2D eigenvalue weighted by Gasteiger charge is 2.45. The van der Waals surface area contributed by atoms with Crippen molar-refractivity contribution in [3.63, 3.8) is 0 Å². The summed E-state index contributed by atoms with van der Waals surface area (Å²) in [6.45, 7) is 6.50. The van der Waals surface area contributed by atoms with E-state index < -0.39 is 0 Å². The molecule has 0 radical (unpaired) electrons. The van der Waals surface area contributed by atoms with Crippen LogP contribution in [0.1, 0.15) is 18.9 Å². The zero-order valence-electron chi connectivity index (χ0n) is 12.7. The standard InChI is InChI=1S/C17H25N3O/c1-13(11-21-12-14-5-3-2-4-6-14)8-19-17(18)20-9-15-7-16(15)10-20/h2-6,13,15-16H,7-12H2,1H3,(H2,18,19). The molecule has 0 amide bonds. The summed E-state index contributed by atoms with van der Waals surface area (Å²) in [5.74, 6) is 2.90. The molecule has 1 saturated heterocycles. The Morgan fingerprint density at radius 1 is 1.33 bits per heavy atom. The van der Waals surface area contributed by atoms with Crippen molar-refractivity contribution in [2.24, 2.45) is 28.5 Å². The van der Waals surface area contributed by atoms with Crippen LogP contribution in [0.2, 0.25) is 0 Å². The van der Waals surface area contributed by atoms with Crippen molar-refractivity contribution in [1.29, 1.82) is 0 Å². The molecule has 3 atom stereocenters. The number of nitrogens with two attached hydrogens (primary N) is 1. The van der Waals surface area contributed by atoms with E-state index in [1.54, 1.807) is 0 Å². The molecule has 3 unspecified atom stereocenters. The number of hydrogen-bond donors (Lipinski definition) is 1. The molecule has 2 aliphatic rings. The van der Waals surface area contributed by atoms with Gasteiger partial charge in [0.05, 0.1) is 13.2 Å². The maximum absolute atomic E-state index is 6.06. The summed E-state index contributed by atoms with van der Waals surface area (Å²) in [5.41, 5.74) is 7.28. The van der Waals surface area contributed by atoms with Crippen LogP contribution in [-0.4, -0.2) is 37.1 Å². The second-order valence-corrected chi connectivity index (χ2v) is 6.47. The fraction of sp³-hybridized carbons (Fsp3) is 0.588. The van der Waals surface area contributed by atoms with Gasteiger partial charge < -0.3 is 15.4 Å². The van der Waals surface area contributed by atoms with Crippen molar-refractivity contribution in [3.05, 3.63) is 35.9 Å². The average molecular weight is 287 g/mol. The second kappa shape index (κ2) is 6.48. The van der Waals surface area contributed by atoms with E-state index in [0.717, 1.165) is 44.0 Å². The molecule has 1 heterocycles. The topological polar surface area (TPSA) is 50.8 Å². The Balaban J connectivity index is 1.35. The highest BCUT2D eigenvalue weighted by molar-refractivity contribution is 5.78. The third kappa shape index (κ3) is 3.97. The molecule has 0 bridgehead atoms. The van der Waals surface area contributed by atoms with Crippen LogP contribution in [0.3, 0.4) is 0 Å². The number of ether oxygens (including phenoxy) is 1. The van der Waals surface area contributed by atoms with Crippen LogP contribution in [0, 0.1) is 17.8 Å². The summed E-state index contributed by atoms with van der Waals surface area (Å²) < 4.78 is 5.74. The van der Waals surface area contributed by atoms with Crippen LogP contribution in [0.25, 0.3) is 0 Å². The van der Waals surface area contributed by atoms with Gasteiger partial charge in [-0.05, 0) is 29.7 Å². The molecule has 4 heteroatoms. The first-order chi connectivity index (χ1) is 10.2. The summed E-state index contributed by atoms with van der Waals surface area (Å²) in [4.78, 5) is 6.76. The van der Waals surface area contributed by atoms with Gasteiger partial charge in [-0.2, -0.15) is 0 Å². The van der Waals surface area contributed by atoms with E-state index in [1.807, 2.05) is 18.2 Å². The van der Waals surface area contributed by atoms with Gasteiger partial charge >= 0.3 is 0 Å². The Morgan fingerprint density at radius 2 is 2.05 bits per heavy atom. The molecule has 2 N–H and O–H groups in total. The zero-order chi connectivity index (χ0) is 14.7. The van der Waals surface area contributed by atoms with Gasteiger partial charge in [-0.15, -0.1) is 0 Å². The quantitative estimate of drug-likeness (QED) is 0.644. The number of nitrogens with zero attached hydrogens (tertiary/aromatic N) is 2. The molecule has 21 heavy (non-hydrogen) atoms. The monoisotopic (exact) mass is 287 g/mol. The number of aliphatic imine (C=N–C) groups is 1. The SMILES string of the molecule is CC(CN=C(N)N1CC2CC2C1)COCc1ccccc1. The number of rotatable bonds is 6. The largest absolute Gasteiger partial charge is 0.376 e. The summed E-state index contributed by atoms with van der Waals surface area (Å²) in [7, 11) is 0. The molecule has 0 aromatic heterocycles. The third-order valence-electron chi connectivity index (χ3n) is 4.38. The van der Waals surface area contributed by atoms with E-state index in [0.29, 0.717) is 12.5 Å². The zero-order valence-corrected chi connectivity index (χ0v) is 12.7. The fourth-order valence-electron chi connectivity index (χ4n) is 2.94. The molecular weight excluding hydrogens is 262 g/mol. The summed E-state index contributed by atoms with van der Waals surface area (Å²) in [5, 5.41) is 0. The normalized spacial score (nSPS) is 25.8. The van der Waals surface area contributed by atoms with Crippen molar-refractivity contribution >= 4 is 5.96 Å². The predicted molar refractivity (Wildman–Crippen MR) is 84.9 cm³/mol. The fourth-order valence-corrected chi connectivity index (χ4v) is 2.94. The van der Waals surface area contributed by atoms with E-state index in [1.165, 1.54) is 12.0 Å². The van der Waals surface area contributed by atoms with Gasteiger partial charge in [0.15, 0.2) is 5.96 Å². The summed E-state index contributed by atoms with van der Waals surface area (Å²) in [6.07, 6.45) is 1.40. The lowest BCUT2D eigenvalue weighted by Crippen LogP contribution is -2.37. The van der Waals surface area contributed by atoms with Crippen LogP contribution in [0.4, 0.5) is 0 Å². The molecule has 0 spiro atoms. The molecule has 1 aromatic rings. The summed E-state index contributed by atoms with van der Waals surface area (Å²) >= 11 is 0. The van der Waals surface area contributed by atoms with Gasteiger partial charge in [0.1, 0.15) is 0 Å². The maximum atomic E-state index is 6.06. The lowest BCUT2D eigenvalue weighted by atomic mass is 10.2.